The third-order valence-electron chi connectivity index (χ3n) is 2.84. The number of nitrogens with one attached hydrogen (secondary N) is 1. The van der Waals surface area contributed by atoms with Gasteiger partial charge in [0.25, 0.3) is 5.91 Å². The summed E-state index contributed by atoms with van der Waals surface area (Å²) in [6, 6.07) is 10.6. The van der Waals surface area contributed by atoms with Crippen LogP contribution in [-0.4, -0.2) is 22.2 Å². The Balaban J connectivity index is 1.91. The Morgan fingerprint density at radius 2 is 2.32 bits per heavy atom. The minimum atomic E-state index is -0.167. The van der Waals surface area contributed by atoms with Crippen LogP contribution in [0.3, 0.4) is 0 Å². The topological polar surface area (TPSA) is 70.7 Å². The molecule has 1 aromatic heterocycles. The van der Waals surface area contributed by atoms with E-state index < -0.39 is 0 Å². The molecule has 0 bridgehead atoms. The van der Waals surface area contributed by atoms with Gasteiger partial charge in [-0.2, -0.15) is 10.4 Å². The molecule has 0 aliphatic heterocycles. The predicted molar refractivity (Wildman–Crippen MR) is 70.4 cm³/mol. The van der Waals surface area contributed by atoms with Crippen molar-refractivity contribution in [3.8, 4) is 6.07 Å². The van der Waals surface area contributed by atoms with Gasteiger partial charge < -0.3 is 5.32 Å². The molecule has 1 aromatic carbocycles. The second kappa shape index (κ2) is 5.83. The normalized spacial score (nSPS) is 9.89. The summed E-state index contributed by atoms with van der Waals surface area (Å²) in [6.45, 7) is 0.537. The predicted octanol–water partition coefficient (Wildman–Crippen LogP) is 1.26. The van der Waals surface area contributed by atoms with Crippen LogP contribution in [0.4, 0.5) is 0 Å². The SMILES string of the molecule is Cn1nccc1CCNC(=O)c1cccc(C#N)c1. The molecule has 2 aromatic rings. The van der Waals surface area contributed by atoms with Crippen molar-refractivity contribution in [3.63, 3.8) is 0 Å². The zero-order valence-electron chi connectivity index (χ0n) is 10.6. The number of carbonyl (C=O) groups excluding carboxylic acids is 1. The van der Waals surface area contributed by atoms with Crippen LogP contribution in [0.5, 0.6) is 0 Å². The highest BCUT2D eigenvalue weighted by Crippen LogP contribution is 2.04. The quantitative estimate of drug-likeness (QED) is 0.893. The molecule has 5 nitrogen and oxygen atoms in total. The zero-order chi connectivity index (χ0) is 13.7. The van der Waals surface area contributed by atoms with Crippen molar-refractivity contribution in [3.05, 3.63) is 53.3 Å². The smallest absolute Gasteiger partial charge is 0.251 e. The first-order valence-electron chi connectivity index (χ1n) is 5.96. The summed E-state index contributed by atoms with van der Waals surface area (Å²) in [5.74, 6) is -0.167. The first-order valence-corrected chi connectivity index (χ1v) is 5.96. The Morgan fingerprint density at radius 1 is 1.47 bits per heavy atom. The van der Waals surface area contributed by atoms with Gasteiger partial charge in [0.1, 0.15) is 0 Å². The maximum absolute atomic E-state index is 11.9. The Labute approximate surface area is 111 Å². The standard InChI is InChI=1S/C14H14N4O/c1-18-13(6-8-17-18)5-7-16-14(19)12-4-2-3-11(9-12)10-15/h2-4,6,8-9H,5,7H2,1H3,(H,16,19). The first-order chi connectivity index (χ1) is 9.20. The lowest BCUT2D eigenvalue weighted by Crippen LogP contribution is -2.26. The zero-order valence-corrected chi connectivity index (χ0v) is 10.6. The summed E-state index contributed by atoms with van der Waals surface area (Å²) in [4.78, 5) is 11.9. The third-order valence-corrected chi connectivity index (χ3v) is 2.84. The molecule has 0 aliphatic carbocycles. The Hall–Kier alpha value is -2.61. The van der Waals surface area contributed by atoms with Gasteiger partial charge in [-0.3, -0.25) is 9.48 Å². The van der Waals surface area contributed by atoms with E-state index in [2.05, 4.69) is 10.4 Å². The van der Waals surface area contributed by atoms with E-state index >= 15 is 0 Å². The third kappa shape index (κ3) is 3.19. The molecule has 1 N–H and O–H groups in total. The molecule has 0 radical (unpaired) electrons. The molecule has 0 spiro atoms. The van der Waals surface area contributed by atoms with Crippen LogP contribution in [0.2, 0.25) is 0 Å². The molecule has 1 heterocycles. The number of carbonyl (C=O) groups is 1. The van der Waals surface area contributed by atoms with E-state index in [1.807, 2.05) is 19.2 Å². The van der Waals surface area contributed by atoms with Crippen molar-refractivity contribution < 1.29 is 4.79 Å². The molecule has 96 valence electrons. The molecule has 0 unspecified atom stereocenters. The van der Waals surface area contributed by atoms with Crippen molar-refractivity contribution in [2.45, 2.75) is 6.42 Å². The number of amides is 1. The molecule has 5 heteroatoms. The van der Waals surface area contributed by atoms with Crippen LogP contribution in [0.15, 0.2) is 36.5 Å². The molecule has 0 fully saturated rings. The summed E-state index contributed by atoms with van der Waals surface area (Å²) < 4.78 is 1.78. The van der Waals surface area contributed by atoms with Gasteiger partial charge in [0, 0.05) is 37.5 Å². The molecule has 0 aliphatic rings. The fourth-order valence-corrected chi connectivity index (χ4v) is 1.78. The molecule has 0 saturated heterocycles. The fraction of sp³-hybridized carbons (Fsp3) is 0.214. The molecule has 1 amide bonds. The number of nitrogens with zero attached hydrogens (tertiary/aromatic N) is 3. The highest BCUT2D eigenvalue weighted by atomic mass is 16.1. The Bertz CT molecular complexity index is 624. The summed E-state index contributed by atoms with van der Waals surface area (Å²) >= 11 is 0. The van der Waals surface area contributed by atoms with Gasteiger partial charge in [-0.15, -0.1) is 0 Å². The number of hydrogen-bond acceptors (Lipinski definition) is 3. The lowest BCUT2D eigenvalue weighted by atomic mass is 10.1. The molecule has 19 heavy (non-hydrogen) atoms. The summed E-state index contributed by atoms with van der Waals surface area (Å²) in [6.07, 6.45) is 2.45. The summed E-state index contributed by atoms with van der Waals surface area (Å²) in [7, 11) is 1.87. The minimum Gasteiger partial charge on any atom is -0.352 e. The molecule has 2 rings (SSSR count). The van der Waals surface area contributed by atoms with E-state index in [9.17, 15) is 4.79 Å². The summed E-state index contributed by atoms with van der Waals surface area (Å²) in [5.41, 5.74) is 2.05. The highest BCUT2D eigenvalue weighted by molar-refractivity contribution is 5.94. The van der Waals surface area contributed by atoms with Crippen LogP contribution in [-0.2, 0) is 13.5 Å². The van der Waals surface area contributed by atoms with Gasteiger partial charge >= 0.3 is 0 Å². The maximum atomic E-state index is 11.9. The molecule has 0 atom stereocenters. The number of aromatic nitrogens is 2. The van der Waals surface area contributed by atoms with Crippen molar-refractivity contribution in [2.24, 2.45) is 7.05 Å². The number of benzene rings is 1. The average molecular weight is 254 g/mol. The molecular weight excluding hydrogens is 240 g/mol. The van der Waals surface area contributed by atoms with E-state index in [0.717, 1.165) is 12.1 Å². The monoisotopic (exact) mass is 254 g/mol. The van der Waals surface area contributed by atoms with Gasteiger partial charge in [0.2, 0.25) is 0 Å². The number of rotatable bonds is 4. The van der Waals surface area contributed by atoms with E-state index in [1.54, 1.807) is 35.1 Å². The Morgan fingerprint density at radius 3 is 3.00 bits per heavy atom. The van der Waals surface area contributed by atoms with Crippen molar-refractivity contribution in [1.82, 2.24) is 15.1 Å². The maximum Gasteiger partial charge on any atom is 0.251 e. The second-order valence-electron chi connectivity index (χ2n) is 4.14. The second-order valence-corrected chi connectivity index (χ2v) is 4.14. The van der Waals surface area contributed by atoms with Crippen molar-refractivity contribution >= 4 is 5.91 Å². The van der Waals surface area contributed by atoms with Gasteiger partial charge in [-0.25, -0.2) is 0 Å². The lowest BCUT2D eigenvalue weighted by Gasteiger charge is -2.05. The van der Waals surface area contributed by atoms with Crippen LogP contribution in [0, 0.1) is 11.3 Å². The van der Waals surface area contributed by atoms with Crippen LogP contribution in [0.1, 0.15) is 21.6 Å². The van der Waals surface area contributed by atoms with Crippen molar-refractivity contribution in [2.75, 3.05) is 6.54 Å². The highest BCUT2D eigenvalue weighted by Gasteiger charge is 2.06. The van der Waals surface area contributed by atoms with E-state index in [1.165, 1.54) is 0 Å². The van der Waals surface area contributed by atoms with E-state index in [4.69, 9.17) is 5.26 Å². The van der Waals surface area contributed by atoms with Gasteiger partial charge in [-0.1, -0.05) is 6.07 Å². The van der Waals surface area contributed by atoms with Gasteiger partial charge in [-0.05, 0) is 24.3 Å². The van der Waals surface area contributed by atoms with E-state index in [-0.39, 0.29) is 5.91 Å². The van der Waals surface area contributed by atoms with Crippen LogP contribution in [0.25, 0.3) is 0 Å². The molecule has 0 saturated carbocycles. The van der Waals surface area contributed by atoms with Crippen LogP contribution < -0.4 is 5.32 Å². The van der Waals surface area contributed by atoms with Crippen LogP contribution >= 0.6 is 0 Å². The van der Waals surface area contributed by atoms with Gasteiger partial charge in [0.15, 0.2) is 0 Å². The molecular formula is C14H14N4O. The first kappa shape index (κ1) is 12.8. The van der Waals surface area contributed by atoms with Crippen molar-refractivity contribution in [1.29, 1.82) is 5.26 Å². The Kier molecular flexibility index (Phi) is 3.94. The summed E-state index contributed by atoms with van der Waals surface area (Å²) in [5, 5.41) is 15.7. The number of hydrogen-bond donors (Lipinski definition) is 1. The average Bonchev–Trinajstić information content (AvgIpc) is 2.84. The minimum absolute atomic E-state index is 0.167. The van der Waals surface area contributed by atoms with E-state index in [0.29, 0.717) is 17.7 Å². The number of nitriles is 1. The fourth-order valence-electron chi connectivity index (χ4n) is 1.78. The van der Waals surface area contributed by atoms with Gasteiger partial charge in [0.05, 0.1) is 11.6 Å². The lowest BCUT2D eigenvalue weighted by molar-refractivity contribution is 0.0954. The largest absolute Gasteiger partial charge is 0.352 e. The number of aryl methyl sites for hydroxylation is 1.